The Hall–Kier alpha value is -2.62. The fourth-order valence-electron chi connectivity index (χ4n) is 3.33. The number of carbonyl (C=O) groups is 2. The molecule has 1 heterocycles. The number of hydrogen-bond donors (Lipinski definition) is 0. The Morgan fingerprint density at radius 2 is 1.80 bits per heavy atom. The summed E-state index contributed by atoms with van der Waals surface area (Å²) in [7, 11) is 0. The van der Waals surface area contributed by atoms with Crippen molar-refractivity contribution in [2.75, 3.05) is 4.90 Å². The van der Waals surface area contributed by atoms with Crippen LogP contribution in [0, 0.1) is 0 Å². The topological polar surface area (TPSA) is 46.6 Å². The van der Waals surface area contributed by atoms with Gasteiger partial charge >= 0.3 is 6.09 Å². The Labute approximate surface area is 148 Å². The average Bonchev–Trinajstić information content (AvgIpc) is 2.82. The summed E-state index contributed by atoms with van der Waals surface area (Å²) >= 11 is 0. The van der Waals surface area contributed by atoms with Crippen LogP contribution in [0.25, 0.3) is 0 Å². The zero-order chi connectivity index (χ0) is 17.9. The number of hydrogen-bond acceptors (Lipinski definition) is 3. The van der Waals surface area contributed by atoms with Crippen molar-refractivity contribution in [3.63, 3.8) is 0 Å². The SMILES string of the molecule is CC1(C)OC(=O)N(c2cccc(CCC=O)c2)[C@H]1Cc1ccccc1. The van der Waals surface area contributed by atoms with Crippen LogP contribution in [0.1, 0.15) is 31.4 Å². The largest absolute Gasteiger partial charge is 0.441 e. The van der Waals surface area contributed by atoms with Crippen LogP contribution in [0.3, 0.4) is 0 Å². The minimum absolute atomic E-state index is 0.0938. The van der Waals surface area contributed by atoms with Gasteiger partial charge in [0.05, 0.1) is 6.04 Å². The highest BCUT2D eigenvalue weighted by atomic mass is 16.6. The molecule has 0 bridgehead atoms. The van der Waals surface area contributed by atoms with Crippen LogP contribution in [-0.4, -0.2) is 24.0 Å². The first-order valence-electron chi connectivity index (χ1n) is 8.60. The smallest absolute Gasteiger partial charge is 0.415 e. The molecule has 130 valence electrons. The number of benzene rings is 2. The molecule has 1 aliphatic rings. The molecule has 0 unspecified atom stereocenters. The van der Waals surface area contributed by atoms with Crippen LogP contribution in [0.4, 0.5) is 10.5 Å². The molecule has 2 aromatic rings. The second-order valence-corrected chi connectivity index (χ2v) is 6.92. The number of nitrogens with zero attached hydrogens (tertiary/aromatic N) is 1. The fraction of sp³-hybridized carbons (Fsp3) is 0.333. The molecule has 2 aromatic carbocycles. The highest BCUT2D eigenvalue weighted by Crippen LogP contribution is 2.36. The van der Waals surface area contributed by atoms with E-state index in [1.54, 1.807) is 4.90 Å². The predicted molar refractivity (Wildman–Crippen MR) is 97.8 cm³/mol. The van der Waals surface area contributed by atoms with Gasteiger partial charge in [-0.05, 0) is 49.9 Å². The molecule has 1 amide bonds. The molecule has 0 saturated carbocycles. The molecule has 4 nitrogen and oxygen atoms in total. The zero-order valence-electron chi connectivity index (χ0n) is 14.6. The molecule has 4 heteroatoms. The standard InChI is InChI=1S/C21H23NO3/c1-21(2)19(15-17-8-4-3-5-9-17)22(20(24)25-21)18-12-6-10-16(14-18)11-7-13-23/h3-6,8-10,12-14,19H,7,11,15H2,1-2H3/t19-/m0/s1. The van der Waals surface area contributed by atoms with Crippen molar-refractivity contribution < 1.29 is 14.3 Å². The Morgan fingerprint density at radius 1 is 1.08 bits per heavy atom. The summed E-state index contributed by atoms with van der Waals surface area (Å²) in [4.78, 5) is 24.9. The highest BCUT2D eigenvalue weighted by molar-refractivity contribution is 5.91. The number of cyclic esters (lactones) is 1. The summed E-state index contributed by atoms with van der Waals surface area (Å²) in [6.45, 7) is 3.91. The Bertz CT molecular complexity index is 755. The minimum atomic E-state index is -0.578. The Morgan fingerprint density at radius 3 is 2.52 bits per heavy atom. The number of anilines is 1. The Kier molecular flexibility index (Phi) is 4.88. The molecule has 0 aromatic heterocycles. The van der Waals surface area contributed by atoms with Crippen molar-refractivity contribution in [3.8, 4) is 0 Å². The van der Waals surface area contributed by atoms with E-state index < -0.39 is 5.60 Å². The number of aryl methyl sites for hydroxylation is 1. The summed E-state index contributed by atoms with van der Waals surface area (Å²) in [5.41, 5.74) is 2.45. The second kappa shape index (κ2) is 7.09. The van der Waals surface area contributed by atoms with Crippen molar-refractivity contribution in [1.29, 1.82) is 0 Å². The van der Waals surface area contributed by atoms with Gasteiger partial charge < -0.3 is 9.53 Å². The molecule has 0 aliphatic carbocycles. The van der Waals surface area contributed by atoms with Crippen molar-refractivity contribution in [2.45, 2.75) is 44.8 Å². The fourth-order valence-corrected chi connectivity index (χ4v) is 3.33. The lowest BCUT2D eigenvalue weighted by molar-refractivity contribution is -0.107. The third-order valence-corrected chi connectivity index (χ3v) is 4.67. The van der Waals surface area contributed by atoms with Gasteiger partial charge in [0.1, 0.15) is 11.9 Å². The third kappa shape index (κ3) is 3.73. The lowest BCUT2D eigenvalue weighted by atomic mass is 9.91. The molecule has 1 aliphatic heterocycles. The molecule has 1 saturated heterocycles. The maximum Gasteiger partial charge on any atom is 0.415 e. The third-order valence-electron chi connectivity index (χ3n) is 4.67. The van der Waals surface area contributed by atoms with E-state index in [0.29, 0.717) is 12.8 Å². The highest BCUT2D eigenvalue weighted by Gasteiger charge is 2.48. The van der Waals surface area contributed by atoms with Crippen LogP contribution < -0.4 is 4.90 Å². The minimum Gasteiger partial charge on any atom is -0.441 e. The average molecular weight is 337 g/mol. The first kappa shape index (κ1) is 17.2. The maximum atomic E-state index is 12.6. The van der Waals surface area contributed by atoms with Crippen LogP contribution in [0.5, 0.6) is 0 Å². The number of rotatable bonds is 6. The van der Waals surface area contributed by atoms with E-state index in [1.165, 1.54) is 5.56 Å². The summed E-state index contributed by atoms with van der Waals surface area (Å²) in [5.74, 6) is 0. The van der Waals surface area contributed by atoms with Crippen LogP contribution in [0.2, 0.25) is 0 Å². The van der Waals surface area contributed by atoms with Crippen molar-refractivity contribution >= 4 is 18.1 Å². The molecule has 0 spiro atoms. The van der Waals surface area contributed by atoms with Gasteiger partial charge in [0, 0.05) is 12.1 Å². The summed E-state index contributed by atoms with van der Waals surface area (Å²) in [5, 5.41) is 0. The quantitative estimate of drug-likeness (QED) is 0.744. The van der Waals surface area contributed by atoms with Crippen molar-refractivity contribution in [3.05, 3.63) is 65.7 Å². The van der Waals surface area contributed by atoms with E-state index in [2.05, 4.69) is 12.1 Å². The second-order valence-electron chi connectivity index (χ2n) is 6.92. The number of amides is 1. The number of aldehydes is 1. The number of ether oxygens (including phenoxy) is 1. The van der Waals surface area contributed by atoms with E-state index in [4.69, 9.17) is 4.74 Å². The summed E-state index contributed by atoms with van der Waals surface area (Å²) in [6.07, 6.45) is 2.47. The Balaban J connectivity index is 1.91. The van der Waals surface area contributed by atoms with Gasteiger partial charge in [-0.3, -0.25) is 4.90 Å². The molecular weight excluding hydrogens is 314 g/mol. The van der Waals surface area contributed by atoms with Crippen molar-refractivity contribution in [2.24, 2.45) is 0 Å². The van der Waals surface area contributed by atoms with Gasteiger partial charge in [0.2, 0.25) is 0 Å². The van der Waals surface area contributed by atoms with Gasteiger partial charge in [0.25, 0.3) is 0 Å². The van der Waals surface area contributed by atoms with E-state index >= 15 is 0 Å². The first-order chi connectivity index (χ1) is 12.0. The zero-order valence-corrected chi connectivity index (χ0v) is 14.6. The normalized spacial score (nSPS) is 18.9. The van der Waals surface area contributed by atoms with Crippen LogP contribution >= 0.6 is 0 Å². The maximum absolute atomic E-state index is 12.6. The van der Waals surface area contributed by atoms with Crippen LogP contribution in [0.15, 0.2) is 54.6 Å². The van der Waals surface area contributed by atoms with E-state index in [0.717, 1.165) is 24.0 Å². The van der Waals surface area contributed by atoms with E-state index in [1.807, 2.05) is 56.3 Å². The summed E-state index contributed by atoms with van der Waals surface area (Å²) in [6, 6.07) is 17.8. The molecule has 1 atom stereocenters. The van der Waals surface area contributed by atoms with Gasteiger partial charge in [0.15, 0.2) is 0 Å². The van der Waals surface area contributed by atoms with Gasteiger partial charge in [-0.15, -0.1) is 0 Å². The van der Waals surface area contributed by atoms with Gasteiger partial charge in [-0.2, -0.15) is 0 Å². The molecule has 3 rings (SSSR count). The van der Waals surface area contributed by atoms with Gasteiger partial charge in [-0.25, -0.2) is 4.79 Å². The van der Waals surface area contributed by atoms with Crippen molar-refractivity contribution in [1.82, 2.24) is 0 Å². The summed E-state index contributed by atoms with van der Waals surface area (Å²) < 4.78 is 5.65. The van der Waals surface area contributed by atoms with Gasteiger partial charge in [-0.1, -0.05) is 42.5 Å². The molecular formula is C21H23NO3. The molecule has 1 fully saturated rings. The van der Waals surface area contributed by atoms with Crippen LogP contribution in [-0.2, 0) is 22.4 Å². The molecule has 0 N–H and O–H groups in total. The monoisotopic (exact) mass is 337 g/mol. The lowest BCUT2D eigenvalue weighted by Gasteiger charge is -2.29. The molecule has 0 radical (unpaired) electrons. The first-order valence-corrected chi connectivity index (χ1v) is 8.60. The number of carbonyl (C=O) groups excluding carboxylic acids is 2. The predicted octanol–water partition coefficient (Wildman–Crippen LogP) is 4.16. The van der Waals surface area contributed by atoms with E-state index in [9.17, 15) is 9.59 Å². The van der Waals surface area contributed by atoms with E-state index in [-0.39, 0.29) is 12.1 Å². The lowest BCUT2D eigenvalue weighted by Crippen LogP contribution is -2.43. The molecule has 25 heavy (non-hydrogen) atoms.